The second-order valence-electron chi connectivity index (χ2n) is 7.43. The molecule has 0 spiro atoms. The van der Waals surface area contributed by atoms with Crippen molar-refractivity contribution in [3.05, 3.63) is 18.2 Å². The fourth-order valence-corrected chi connectivity index (χ4v) is 3.43. The lowest BCUT2D eigenvalue weighted by Gasteiger charge is -2.36. The maximum Gasteiger partial charge on any atom is 0.410 e. The van der Waals surface area contributed by atoms with Crippen LogP contribution in [-0.4, -0.2) is 48.4 Å². The molecule has 2 heterocycles. The van der Waals surface area contributed by atoms with Gasteiger partial charge in [0.2, 0.25) is 0 Å². The summed E-state index contributed by atoms with van der Waals surface area (Å²) in [6, 6.07) is 5.05. The van der Waals surface area contributed by atoms with E-state index in [0.29, 0.717) is 13.1 Å². The molecule has 1 aromatic carbocycles. The molecule has 2 N–H and O–H groups in total. The predicted molar refractivity (Wildman–Crippen MR) is 90.0 cm³/mol. The molecule has 0 radical (unpaired) electrons. The van der Waals surface area contributed by atoms with E-state index in [-0.39, 0.29) is 29.6 Å². The van der Waals surface area contributed by atoms with Gasteiger partial charge in [0.05, 0.1) is 11.7 Å². The van der Waals surface area contributed by atoms with Crippen LogP contribution >= 0.6 is 0 Å². The predicted octanol–water partition coefficient (Wildman–Crippen LogP) is 3.07. The molecule has 6 nitrogen and oxygen atoms in total. The van der Waals surface area contributed by atoms with Crippen molar-refractivity contribution in [2.75, 3.05) is 23.7 Å². The van der Waals surface area contributed by atoms with Crippen LogP contribution in [0.15, 0.2) is 18.2 Å². The van der Waals surface area contributed by atoms with Crippen LogP contribution in [0.2, 0.25) is 0 Å². The molecule has 1 aromatic rings. The van der Waals surface area contributed by atoms with Crippen molar-refractivity contribution in [3.63, 3.8) is 0 Å². The molecule has 2 fully saturated rings. The molecule has 2 aliphatic rings. The third-order valence-corrected chi connectivity index (χ3v) is 4.41. The molecular weight excluding hydrogens is 332 g/mol. The lowest BCUT2D eigenvalue weighted by Crippen LogP contribution is -2.50. The van der Waals surface area contributed by atoms with Gasteiger partial charge < -0.3 is 25.0 Å². The molecule has 138 valence electrons. The number of benzene rings is 1. The van der Waals surface area contributed by atoms with Gasteiger partial charge in [-0.2, -0.15) is 8.78 Å². The number of nitrogen functional groups attached to an aromatic ring is 1. The standard InChI is InChI=1S/C17H23F2N3O3/c1-17(2,3)25-16(23)22-9-11-6-12(22)8-21(11)10-4-5-13(20)14(7-10)24-15(18)19/h4-5,7,11-12,15H,6,8-9,20H2,1-3H3/t11-,12-/m0/s1. The highest BCUT2D eigenvalue weighted by molar-refractivity contribution is 5.71. The Bertz CT molecular complexity index is 663. The third kappa shape index (κ3) is 3.72. The van der Waals surface area contributed by atoms with E-state index in [9.17, 15) is 13.6 Å². The van der Waals surface area contributed by atoms with Crippen molar-refractivity contribution >= 4 is 17.5 Å². The van der Waals surface area contributed by atoms with E-state index >= 15 is 0 Å². The first-order valence-electron chi connectivity index (χ1n) is 8.24. The molecule has 0 aliphatic carbocycles. The number of ether oxygens (including phenoxy) is 2. The number of hydrogen-bond acceptors (Lipinski definition) is 5. The summed E-state index contributed by atoms with van der Waals surface area (Å²) in [7, 11) is 0. The van der Waals surface area contributed by atoms with Crippen molar-refractivity contribution in [2.45, 2.75) is 51.5 Å². The Morgan fingerprint density at radius 2 is 2.00 bits per heavy atom. The molecule has 0 aromatic heterocycles. The second-order valence-corrected chi connectivity index (χ2v) is 7.43. The van der Waals surface area contributed by atoms with Crippen LogP contribution in [0, 0.1) is 0 Å². The van der Waals surface area contributed by atoms with E-state index in [0.717, 1.165) is 12.1 Å². The van der Waals surface area contributed by atoms with Gasteiger partial charge in [0, 0.05) is 30.9 Å². The van der Waals surface area contributed by atoms with Crippen molar-refractivity contribution in [1.82, 2.24) is 4.90 Å². The average Bonchev–Trinajstić information content (AvgIpc) is 3.07. The van der Waals surface area contributed by atoms with E-state index in [1.165, 1.54) is 6.07 Å². The molecule has 0 unspecified atom stereocenters. The zero-order valence-electron chi connectivity index (χ0n) is 14.5. The summed E-state index contributed by atoms with van der Waals surface area (Å²) in [6.07, 6.45) is 0.521. The number of alkyl halides is 2. The van der Waals surface area contributed by atoms with Crippen LogP contribution in [0.1, 0.15) is 27.2 Å². The number of amides is 1. The topological polar surface area (TPSA) is 68.0 Å². The van der Waals surface area contributed by atoms with Crippen LogP contribution in [0.3, 0.4) is 0 Å². The Morgan fingerprint density at radius 3 is 2.56 bits per heavy atom. The molecule has 2 atom stereocenters. The van der Waals surface area contributed by atoms with Crippen LogP contribution in [0.25, 0.3) is 0 Å². The number of nitrogens with zero attached hydrogens (tertiary/aromatic N) is 2. The van der Waals surface area contributed by atoms with E-state index in [2.05, 4.69) is 9.64 Å². The third-order valence-electron chi connectivity index (χ3n) is 4.41. The quantitative estimate of drug-likeness (QED) is 0.844. The number of anilines is 2. The number of likely N-dealkylation sites (tertiary alicyclic amines) is 1. The number of piperazine rings is 1. The number of rotatable bonds is 3. The largest absolute Gasteiger partial charge is 0.444 e. The fraction of sp³-hybridized carbons (Fsp3) is 0.588. The zero-order chi connectivity index (χ0) is 18.4. The van der Waals surface area contributed by atoms with Crippen molar-refractivity contribution in [3.8, 4) is 5.75 Å². The van der Waals surface area contributed by atoms with Gasteiger partial charge in [-0.05, 0) is 39.3 Å². The molecular formula is C17H23F2N3O3. The number of carbonyl (C=O) groups is 1. The fourth-order valence-electron chi connectivity index (χ4n) is 3.43. The summed E-state index contributed by atoms with van der Waals surface area (Å²) in [5, 5.41) is 0. The summed E-state index contributed by atoms with van der Waals surface area (Å²) in [4.78, 5) is 16.1. The number of halogens is 2. The van der Waals surface area contributed by atoms with E-state index in [4.69, 9.17) is 10.5 Å². The van der Waals surface area contributed by atoms with Crippen LogP contribution in [0.4, 0.5) is 25.0 Å². The number of fused-ring (bicyclic) bond motifs is 2. The number of hydrogen-bond donors (Lipinski definition) is 1. The van der Waals surface area contributed by atoms with Gasteiger partial charge in [-0.3, -0.25) is 0 Å². The minimum Gasteiger partial charge on any atom is -0.444 e. The average molecular weight is 355 g/mol. The van der Waals surface area contributed by atoms with Crippen molar-refractivity contribution in [2.24, 2.45) is 0 Å². The molecule has 0 saturated carbocycles. The summed E-state index contributed by atoms with van der Waals surface area (Å²) < 4.78 is 34.9. The molecule has 25 heavy (non-hydrogen) atoms. The molecule has 2 bridgehead atoms. The Labute approximate surface area is 145 Å². The highest BCUT2D eigenvalue weighted by atomic mass is 19.3. The van der Waals surface area contributed by atoms with E-state index < -0.39 is 12.2 Å². The maximum atomic E-state index is 12.5. The summed E-state index contributed by atoms with van der Waals surface area (Å²) >= 11 is 0. The Hall–Kier alpha value is -2.25. The molecule has 8 heteroatoms. The molecule has 3 rings (SSSR count). The SMILES string of the molecule is CC(C)(C)OC(=O)N1C[C@@H]2C[C@H]1CN2c1ccc(N)c(OC(F)F)c1. The number of carbonyl (C=O) groups excluding carboxylic acids is 1. The van der Waals surface area contributed by atoms with Gasteiger partial charge in [-0.15, -0.1) is 0 Å². The minimum absolute atomic E-state index is 0.0285. The van der Waals surface area contributed by atoms with Crippen molar-refractivity contribution < 1.29 is 23.0 Å². The van der Waals surface area contributed by atoms with Crippen LogP contribution in [-0.2, 0) is 4.74 Å². The Balaban J connectivity index is 1.70. The Morgan fingerprint density at radius 1 is 1.28 bits per heavy atom. The van der Waals surface area contributed by atoms with Crippen LogP contribution < -0.4 is 15.4 Å². The first-order valence-corrected chi connectivity index (χ1v) is 8.24. The van der Waals surface area contributed by atoms with Gasteiger partial charge in [0.25, 0.3) is 0 Å². The monoisotopic (exact) mass is 355 g/mol. The van der Waals surface area contributed by atoms with Crippen molar-refractivity contribution in [1.29, 1.82) is 0 Å². The van der Waals surface area contributed by atoms with Gasteiger partial charge >= 0.3 is 12.7 Å². The lowest BCUT2D eigenvalue weighted by atomic mass is 10.2. The number of nitrogens with two attached hydrogens (primary N) is 1. The van der Waals surface area contributed by atoms with Gasteiger partial charge in [-0.1, -0.05) is 0 Å². The zero-order valence-corrected chi connectivity index (χ0v) is 14.5. The summed E-state index contributed by atoms with van der Waals surface area (Å²) in [6.45, 7) is 3.77. The van der Waals surface area contributed by atoms with Crippen LogP contribution in [0.5, 0.6) is 5.75 Å². The van der Waals surface area contributed by atoms with E-state index in [1.54, 1.807) is 17.0 Å². The highest BCUT2D eigenvalue weighted by Crippen LogP contribution is 2.38. The second kappa shape index (κ2) is 6.24. The Kier molecular flexibility index (Phi) is 4.38. The van der Waals surface area contributed by atoms with Gasteiger partial charge in [0.1, 0.15) is 5.60 Å². The van der Waals surface area contributed by atoms with Gasteiger partial charge in [-0.25, -0.2) is 4.79 Å². The first kappa shape index (κ1) is 17.6. The maximum absolute atomic E-state index is 12.5. The normalized spacial score (nSPS) is 22.6. The smallest absolute Gasteiger partial charge is 0.410 e. The van der Waals surface area contributed by atoms with Gasteiger partial charge in [0.15, 0.2) is 5.75 Å². The summed E-state index contributed by atoms with van der Waals surface area (Å²) in [5.41, 5.74) is 6.09. The summed E-state index contributed by atoms with van der Waals surface area (Å²) in [5.74, 6) is -0.0285. The lowest BCUT2D eigenvalue weighted by molar-refractivity contribution is -0.0493. The van der Waals surface area contributed by atoms with E-state index in [1.807, 2.05) is 20.8 Å². The molecule has 1 amide bonds. The molecule has 2 saturated heterocycles. The minimum atomic E-state index is -2.92. The molecule has 2 aliphatic heterocycles. The highest BCUT2D eigenvalue weighted by Gasteiger charge is 2.46. The first-order chi connectivity index (χ1) is 11.6.